The Kier molecular flexibility index (Phi) is 9.39. The number of carbonyl (C=O) groups excluding carboxylic acids is 1. The van der Waals surface area contributed by atoms with Crippen LogP contribution in [0.25, 0.3) is 6.08 Å². The first kappa shape index (κ1) is 21.3. The third kappa shape index (κ3) is 7.80. The minimum Gasteiger partial charge on any atom is -0.493 e. The summed E-state index contributed by atoms with van der Waals surface area (Å²) in [6, 6.07) is 3.58. The van der Waals surface area contributed by atoms with Gasteiger partial charge >= 0.3 is 0 Å². The molecule has 6 heteroatoms. The second kappa shape index (κ2) is 11.0. The first-order valence-electron chi connectivity index (χ1n) is 8.35. The van der Waals surface area contributed by atoms with Crippen molar-refractivity contribution in [3.05, 3.63) is 28.8 Å². The van der Waals surface area contributed by atoms with Crippen LogP contribution in [-0.4, -0.2) is 39.4 Å². The summed E-state index contributed by atoms with van der Waals surface area (Å²) < 4.78 is 16.1. The lowest BCUT2D eigenvalue weighted by atomic mass is 10.1. The van der Waals surface area contributed by atoms with E-state index in [1.807, 2.05) is 6.92 Å². The summed E-state index contributed by atoms with van der Waals surface area (Å²) in [5, 5.41) is 3.33. The molecule has 0 heterocycles. The summed E-state index contributed by atoms with van der Waals surface area (Å²) in [6.07, 6.45) is 3.93. The van der Waals surface area contributed by atoms with Crippen LogP contribution in [-0.2, 0) is 9.53 Å². The highest BCUT2D eigenvalue weighted by Crippen LogP contribution is 2.37. The van der Waals surface area contributed by atoms with E-state index in [9.17, 15) is 4.79 Å². The van der Waals surface area contributed by atoms with Gasteiger partial charge in [0.2, 0.25) is 5.91 Å². The van der Waals surface area contributed by atoms with E-state index in [0.717, 1.165) is 12.0 Å². The maximum absolute atomic E-state index is 11.9. The Morgan fingerprint density at radius 2 is 2.00 bits per heavy atom. The molecule has 1 rings (SSSR count). The van der Waals surface area contributed by atoms with Gasteiger partial charge in [-0.1, -0.05) is 25.4 Å². The van der Waals surface area contributed by atoms with Crippen molar-refractivity contribution in [1.82, 2.24) is 5.32 Å². The number of rotatable bonds is 10. The van der Waals surface area contributed by atoms with Crippen molar-refractivity contribution in [2.75, 3.05) is 27.4 Å². The van der Waals surface area contributed by atoms with Gasteiger partial charge in [-0.3, -0.25) is 4.79 Å². The molecule has 140 valence electrons. The third-order valence-electron chi connectivity index (χ3n) is 3.38. The van der Waals surface area contributed by atoms with Crippen LogP contribution < -0.4 is 14.8 Å². The van der Waals surface area contributed by atoms with Crippen molar-refractivity contribution < 1.29 is 19.0 Å². The second-order valence-corrected chi connectivity index (χ2v) is 6.67. The molecule has 0 aromatic heterocycles. The maximum atomic E-state index is 11.9. The van der Waals surface area contributed by atoms with Crippen LogP contribution in [0, 0.1) is 5.92 Å². The summed E-state index contributed by atoms with van der Waals surface area (Å²) in [5.74, 6) is 1.28. The summed E-state index contributed by atoms with van der Waals surface area (Å²) >= 11 is 6.30. The van der Waals surface area contributed by atoms with E-state index in [4.69, 9.17) is 25.8 Å². The molecule has 5 nitrogen and oxygen atoms in total. The van der Waals surface area contributed by atoms with Crippen LogP contribution in [0.5, 0.6) is 11.5 Å². The zero-order valence-electron chi connectivity index (χ0n) is 15.6. The number of methoxy groups -OCH3 is 2. The molecule has 0 spiro atoms. The topological polar surface area (TPSA) is 56.8 Å². The minimum absolute atomic E-state index is 0.0435. The molecule has 0 aliphatic carbocycles. The number of nitrogens with one attached hydrogen (secondary N) is 1. The molecule has 0 saturated carbocycles. The summed E-state index contributed by atoms with van der Waals surface area (Å²) in [6.45, 7) is 7.21. The standard InChI is InChI=1S/C19H28ClNO4/c1-13(2)12-25-19-16(20)10-15(11-17(19)24-5)6-7-18(22)21-14(3)8-9-23-4/h6-7,10-11,13-14H,8-9,12H2,1-5H3,(H,21,22)/b7-6+. The van der Waals surface area contributed by atoms with Crippen molar-refractivity contribution in [3.8, 4) is 11.5 Å². The van der Waals surface area contributed by atoms with E-state index in [2.05, 4.69) is 19.2 Å². The predicted molar refractivity (Wildman–Crippen MR) is 101 cm³/mol. The Morgan fingerprint density at radius 1 is 1.28 bits per heavy atom. The average Bonchev–Trinajstić information content (AvgIpc) is 2.56. The number of amides is 1. The highest BCUT2D eigenvalue weighted by atomic mass is 35.5. The van der Waals surface area contributed by atoms with Crippen molar-refractivity contribution in [2.45, 2.75) is 33.2 Å². The van der Waals surface area contributed by atoms with Crippen LogP contribution in [0.3, 0.4) is 0 Å². The minimum atomic E-state index is -0.168. The van der Waals surface area contributed by atoms with E-state index in [-0.39, 0.29) is 11.9 Å². The molecule has 0 bridgehead atoms. The fourth-order valence-corrected chi connectivity index (χ4v) is 2.33. The predicted octanol–water partition coefficient (Wildman–Crippen LogP) is 3.94. The van der Waals surface area contributed by atoms with Crippen molar-refractivity contribution in [3.63, 3.8) is 0 Å². The van der Waals surface area contributed by atoms with E-state index >= 15 is 0 Å². The van der Waals surface area contributed by atoms with Gasteiger partial charge in [-0.05, 0) is 43.0 Å². The number of hydrogen-bond acceptors (Lipinski definition) is 4. The summed E-state index contributed by atoms with van der Waals surface area (Å²) in [7, 11) is 3.20. The lowest BCUT2D eigenvalue weighted by molar-refractivity contribution is -0.117. The third-order valence-corrected chi connectivity index (χ3v) is 3.66. The number of ether oxygens (including phenoxy) is 3. The fourth-order valence-electron chi connectivity index (χ4n) is 2.06. The largest absolute Gasteiger partial charge is 0.493 e. The van der Waals surface area contributed by atoms with Crippen LogP contribution in [0.1, 0.15) is 32.8 Å². The molecule has 1 aromatic carbocycles. The molecule has 0 aliphatic rings. The van der Waals surface area contributed by atoms with Gasteiger partial charge in [0.1, 0.15) is 0 Å². The molecule has 1 unspecified atom stereocenters. The van der Waals surface area contributed by atoms with Crippen molar-refractivity contribution in [2.24, 2.45) is 5.92 Å². The van der Waals surface area contributed by atoms with Gasteiger partial charge in [0.15, 0.2) is 11.5 Å². The molecule has 0 radical (unpaired) electrons. The Morgan fingerprint density at radius 3 is 2.60 bits per heavy atom. The number of carbonyl (C=O) groups is 1. The van der Waals surface area contributed by atoms with Crippen molar-refractivity contribution >= 4 is 23.6 Å². The highest BCUT2D eigenvalue weighted by Gasteiger charge is 2.12. The van der Waals surface area contributed by atoms with Crippen LogP contribution >= 0.6 is 11.6 Å². The van der Waals surface area contributed by atoms with Gasteiger partial charge in [0.25, 0.3) is 0 Å². The van der Waals surface area contributed by atoms with Gasteiger partial charge in [0.05, 0.1) is 18.7 Å². The normalized spacial score (nSPS) is 12.4. The number of halogens is 1. The van der Waals surface area contributed by atoms with Gasteiger partial charge in [0, 0.05) is 25.8 Å². The molecule has 0 fully saturated rings. The molecule has 0 saturated heterocycles. The monoisotopic (exact) mass is 369 g/mol. The molecule has 0 aliphatic heterocycles. The Hall–Kier alpha value is -1.72. The van der Waals surface area contributed by atoms with Crippen LogP contribution in [0.2, 0.25) is 5.02 Å². The lowest BCUT2D eigenvalue weighted by Gasteiger charge is -2.14. The van der Waals surface area contributed by atoms with Gasteiger partial charge in [-0.25, -0.2) is 0 Å². The van der Waals surface area contributed by atoms with E-state index in [1.165, 1.54) is 6.08 Å². The Balaban J connectivity index is 2.78. The quantitative estimate of drug-likeness (QED) is 0.635. The van der Waals surface area contributed by atoms with E-state index in [0.29, 0.717) is 35.7 Å². The highest BCUT2D eigenvalue weighted by molar-refractivity contribution is 6.32. The first-order valence-corrected chi connectivity index (χ1v) is 8.73. The van der Waals surface area contributed by atoms with Gasteiger partial charge in [-0.15, -0.1) is 0 Å². The van der Waals surface area contributed by atoms with E-state index in [1.54, 1.807) is 32.4 Å². The lowest BCUT2D eigenvalue weighted by Crippen LogP contribution is -2.31. The Labute approximate surface area is 155 Å². The van der Waals surface area contributed by atoms with Crippen LogP contribution in [0.15, 0.2) is 18.2 Å². The maximum Gasteiger partial charge on any atom is 0.244 e. The summed E-state index contributed by atoms with van der Waals surface area (Å²) in [4.78, 5) is 11.9. The first-order chi connectivity index (χ1) is 11.9. The molecule has 1 N–H and O–H groups in total. The molecule has 25 heavy (non-hydrogen) atoms. The van der Waals surface area contributed by atoms with Crippen LogP contribution in [0.4, 0.5) is 0 Å². The zero-order valence-corrected chi connectivity index (χ0v) is 16.4. The molecular weight excluding hydrogens is 342 g/mol. The fraction of sp³-hybridized carbons (Fsp3) is 0.526. The Bertz CT molecular complexity index is 587. The summed E-state index contributed by atoms with van der Waals surface area (Å²) in [5.41, 5.74) is 0.762. The smallest absolute Gasteiger partial charge is 0.244 e. The number of benzene rings is 1. The van der Waals surface area contributed by atoms with E-state index < -0.39 is 0 Å². The van der Waals surface area contributed by atoms with Crippen molar-refractivity contribution in [1.29, 1.82) is 0 Å². The second-order valence-electron chi connectivity index (χ2n) is 6.26. The zero-order chi connectivity index (χ0) is 18.8. The molecule has 1 aromatic rings. The number of hydrogen-bond donors (Lipinski definition) is 1. The average molecular weight is 370 g/mol. The molecule has 1 atom stereocenters. The SMILES string of the molecule is COCCC(C)NC(=O)/C=C/c1cc(Cl)c(OCC(C)C)c(OC)c1. The van der Waals surface area contributed by atoms with Gasteiger partial charge in [-0.2, -0.15) is 0 Å². The molecular formula is C19H28ClNO4. The van der Waals surface area contributed by atoms with Gasteiger partial charge < -0.3 is 19.5 Å². The molecule has 1 amide bonds.